The van der Waals surface area contributed by atoms with Crippen molar-refractivity contribution in [3.8, 4) is 0 Å². The van der Waals surface area contributed by atoms with Crippen LogP contribution in [0, 0.1) is 0 Å². The van der Waals surface area contributed by atoms with E-state index in [0.717, 1.165) is 10.7 Å². The number of methoxy groups -OCH3 is 2. The second-order valence-corrected chi connectivity index (χ2v) is 20.0. The summed E-state index contributed by atoms with van der Waals surface area (Å²) in [7, 11) is 6.53. The highest BCUT2D eigenvalue weighted by molar-refractivity contribution is 6.01. The number of hydrogen-bond donors (Lipinski definition) is 4. The zero-order valence-corrected chi connectivity index (χ0v) is 44.4. The van der Waals surface area contributed by atoms with Gasteiger partial charge in [-0.25, -0.2) is 10.0 Å². The fourth-order valence-corrected chi connectivity index (χ4v) is 9.53. The lowest BCUT2D eigenvalue weighted by Gasteiger charge is -2.43. The molecule has 5 aliphatic rings. The number of carbonyl (C=O) groups is 10. The van der Waals surface area contributed by atoms with Gasteiger partial charge in [0, 0.05) is 77.7 Å². The van der Waals surface area contributed by atoms with Crippen LogP contribution in [0.1, 0.15) is 113 Å². The highest BCUT2D eigenvalue weighted by Crippen LogP contribution is 2.28. The molecule has 24 heteroatoms. The molecular weight excluding hydrogens is 991 g/mol. The first-order valence-electron chi connectivity index (χ1n) is 25.5. The van der Waals surface area contributed by atoms with Gasteiger partial charge in [-0.15, -0.1) is 0 Å². The maximum absolute atomic E-state index is 13.7. The summed E-state index contributed by atoms with van der Waals surface area (Å²) in [5, 5.41) is 15.9. The molecule has 7 atom stereocenters. The Hall–Kier alpha value is -7.18. The largest absolute Gasteiger partial charge is 0.460 e. The third kappa shape index (κ3) is 14.6. The van der Waals surface area contributed by atoms with Gasteiger partial charge in [-0.05, 0) is 103 Å². The number of nitrogens with one attached hydrogen (secondary N) is 4. The number of ether oxygens (including phenoxy) is 5. The van der Waals surface area contributed by atoms with Gasteiger partial charge >= 0.3 is 11.9 Å². The van der Waals surface area contributed by atoms with Crippen LogP contribution in [0.15, 0.2) is 54.6 Å². The lowest BCUT2D eigenvalue weighted by atomic mass is 10.0. The molecule has 4 N–H and O–H groups in total. The van der Waals surface area contributed by atoms with E-state index in [1.165, 1.54) is 29.2 Å². The van der Waals surface area contributed by atoms with Gasteiger partial charge in [0.2, 0.25) is 29.9 Å². The van der Waals surface area contributed by atoms with Crippen molar-refractivity contribution in [1.82, 2.24) is 41.3 Å². The van der Waals surface area contributed by atoms with Crippen molar-refractivity contribution in [3.05, 3.63) is 65.7 Å². The van der Waals surface area contributed by atoms with Crippen LogP contribution in [0.4, 0.5) is 5.69 Å². The summed E-state index contributed by atoms with van der Waals surface area (Å²) < 4.78 is 26.5. The fourth-order valence-electron chi connectivity index (χ4n) is 9.53. The van der Waals surface area contributed by atoms with E-state index in [1.807, 2.05) is 19.0 Å². The van der Waals surface area contributed by atoms with E-state index in [0.29, 0.717) is 43.5 Å². The second kappa shape index (κ2) is 26.0. The van der Waals surface area contributed by atoms with E-state index >= 15 is 0 Å². The average molecular weight is 1060 g/mol. The van der Waals surface area contributed by atoms with Crippen molar-refractivity contribution >= 4 is 64.9 Å². The number of nitrogens with zero attached hydrogens (tertiary/aromatic N) is 5. The zero-order chi connectivity index (χ0) is 55.4. The molecule has 0 bridgehead atoms. The van der Waals surface area contributed by atoms with Crippen LogP contribution < -0.4 is 26.2 Å². The summed E-state index contributed by atoms with van der Waals surface area (Å²) >= 11 is 0. The van der Waals surface area contributed by atoms with Gasteiger partial charge in [0.15, 0.2) is 6.29 Å². The van der Waals surface area contributed by atoms with Gasteiger partial charge in [-0.3, -0.25) is 58.0 Å². The standard InChI is InChI=1S/C27H38N4O8.C25H33N5O7/c1-27(2,3)39-22(33)16-19(26(37-4)38-5)29-24(35)20-12-9-15-30-21(32)14-13-18(25(36)31(20)30)28-23(34)17-10-7-6-8-11-17;1-4-36-25-18(14-21(32)37-25)27-23(34)19-6-5-13-29-20(31)12-11-17(24(35)30(19)29)26-22(33)15-7-9-16(10-8-15)28(2)3/h6-8,10-11,18-20,26H,9,12-16H2,1-5H3,(H,28,34)(H,29,35);7-10,17-19,25H,4-6,11-14H2,1-3H3,(H,26,33)(H,27,34)/t18-,19-,20-;17-,18-,19-,25?/m00/s1. The number of amides is 8. The zero-order valence-electron chi connectivity index (χ0n) is 44.4. The smallest absolute Gasteiger partial charge is 0.310 e. The number of rotatable bonds is 16. The minimum atomic E-state index is -1.04. The van der Waals surface area contributed by atoms with Crippen LogP contribution in [-0.2, 0) is 62.0 Å². The van der Waals surface area contributed by atoms with Crippen LogP contribution in [0.2, 0.25) is 0 Å². The second-order valence-electron chi connectivity index (χ2n) is 20.0. The molecule has 76 heavy (non-hydrogen) atoms. The van der Waals surface area contributed by atoms with Crippen LogP contribution >= 0.6 is 0 Å². The van der Waals surface area contributed by atoms with Crippen molar-refractivity contribution in [3.63, 3.8) is 0 Å². The van der Waals surface area contributed by atoms with Gasteiger partial charge in [0.05, 0.1) is 18.9 Å². The molecule has 1 unspecified atom stereocenters. The first kappa shape index (κ1) is 58.1. The molecule has 8 amide bonds. The molecule has 5 heterocycles. The predicted molar refractivity (Wildman–Crippen MR) is 270 cm³/mol. The monoisotopic (exact) mass is 1060 g/mol. The fraction of sp³-hybridized carbons (Fsp3) is 0.577. The van der Waals surface area contributed by atoms with Gasteiger partial charge in [0.25, 0.3) is 23.6 Å². The maximum atomic E-state index is 13.7. The highest BCUT2D eigenvalue weighted by atomic mass is 16.7. The number of cyclic esters (lactones) is 1. The number of esters is 2. The lowest BCUT2D eigenvalue weighted by Crippen LogP contribution is -2.64. The number of benzene rings is 2. The summed E-state index contributed by atoms with van der Waals surface area (Å²) in [6.45, 7) is 7.80. The van der Waals surface area contributed by atoms with Crippen molar-refractivity contribution in [2.75, 3.05) is 52.9 Å². The number of carbonyl (C=O) groups excluding carboxylic acids is 10. The van der Waals surface area contributed by atoms with E-state index in [4.69, 9.17) is 23.7 Å². The van der Waals surface area contributed by atoms with E-state index in [1.54, 1.807) is 82.3 Å². The lowest BCUT2D eigenvalue weighted by molar-refractivity contribution is -0.178. The Kier molecular flexibility index (Phi) is 19.9. The molecule has 7 rings (SSSR count). The number of hydrogen-bond acceptors (Lipinski definition) is 16. The summed E-state index contributed by atoms with van der Waals surface area (Å²) in [5.41, 5.74) is 0.947. The molecule has 0 saturated carbocycles. The van der Waals surface area contributed by atoms with Crippen LogP contribution in [-0.4, -0.2) is 182 Å². The molecular formula is C52H71N9O15. The van der Waals surface area contributed by atoms with Crippen LogP contribution in [0.3, 0.4) is 0 Å². The molecule has 24 nitrogen and oxygen atoms in total. The summed E-state index contributed by atoms with van der Waals surface area (Å²) in [5.74, 6) is -4.71. The van der Waals surface area contributed by atoms with E-state index in [-0.39, 0.29) is 63.3 Å². The Morgan fingerprint density at radius 1 is 0.711 bits per heavy atom. The third-order valence-corrected chi connectivity index (χ3v) is 13.2. The molecule has 0 aromatic heterocycles. The highest BCUT2D eigenvalue weighted by Gasteiger charge is 2.48. The van der Waals surface area contributed by atoms with Gasteiger partial charge in [-0.2, -0.15) is 0 Å². The Morgan fingerprint density at radius 3 is 1.71 bits per heavy atom. The number of hydrazine groups is 2. The molecule has 0 aliphatic carbocycles. The minimum absolute atomic E-state index is 0.0347. The van der Waals surface area contributed by atoms with Crippen molar-refractivity contribution < 1.29 is 71.6 Å². The Balaban J connectivity index is 0.000000247. The molecule has 5 aliphatic heterocycles. The molecule has 2 aromatic carbocycles. The van der Waals surface area contributed by atoms with Crippen molar-refractivity contribution in [2.24, 2.45) is 0 Å². The summed E-state index contributed by atoms with van der Waals surface area (Å²) in [4.78, 5) is 132. The molecule has 5 fully saturated rings. The summed E-state index contributed by atoms with van der Waals surface area (Å²) in [6.07, 6.45) is -0.230. The molecule has 0 radical (unpaired) electrons. The first-order valence-corrected chi connectivity index (χ1v) is 25.5. The van der Waals surface area contributed by atoms with Crippen LogP contribution in [0.5, 0.6) is 0 Å². The predicted octanol–water partition coefficient (Wildman–Crippen LogP) is 1.32. The molecule has 2 aromatic rings. The Bertz CT molecular complexity index is 2450. The van der Waals surface area contributed by atoms with Gasteiger partial charge in [0.1, 0.15) is 35.8 Å². The van der Waals surface area contributed by atoms with E-state index < -0.39 is 102 Å². The summed E-state index contributed by atoms with van der Waals surface area (Å²) in [6, 6.07) is 9.75. The quantitative estimate of drug-likeness (QED) is 0.136. The molecule has 414 valence electrons. The maximum Gasteiger partial charge on any atom is 0.310 e. The Morgan fingerprint density at radius 2 is 1.22 bits per heavy atom. The minimum Gasteiger partial charge on any atom is -0.460 e. The normalized spacial score (nSPS) is 23.1. The van der Waals surface area contributed by atoms with Gasteiger partial charge < -0.3 is 49.9 Å². The SMILES string of the molecule is CCOC1OC(=O)C[C@@H]1NC(=O)[C@@H]1CCCN2C(=O)CC[C@H](NC(=O)c3ccc(N(C)C)cc3)C(=O)N12.COC(OC)[C@H](CC(=O)OC(C)(C)C)NC(=O)[C@@H]1CCCN2C(=O)CC[C@H](NC(=O)c3ccccc3)C(=O)N12. The van der Waals surface area contributed by atoms with Crippen LogP contribution in [0.25, 0.3) is 0 Å². The van der Waals surface area contributed by atoms with E-state index in [9.17, 15) is 47.9 Å². The van der Waals surface area contributed by atoms with Crippen molar-refractivity contribution in [1.29, 1.82) is 0 Å². The van der Waals surface area contributed by atoms with Gasteiger partial charge in [-0.1, -0.05) is 18.2 Å². The average Bonchev–Trinajstić information content (AvgIpc) is 3.63. The third-order valence-electron chi connectivity index (χ3n) is 13.2. The topological polar surface area (TPSA) is 281 Å². The van der Waals surface area contributed by atoms with E-state index in [2.05, 4.69) is 21.3 Å². The number of fused-ring (bicyclic) bond motifs is 2. The molecule has 0 spiro atoms. The number of anilines is 1. The Labute approximate surface area is 441 Å². The molecule has 5 saturated heterocycles. The van der Waals surface area contributed by atoms with Crippen molar-refractivity contribution in [2.45, 2.75) is 146 Å². The first-order chi connectivity index (χ1) is 36.1.